The maximum Gasteiger partial charge on any atom is 0.317 e. The number of rotatable bonds is 3. The molecular formula is C16H18N6O2S. The fourth-order valence-corrected chi connectivity index (χ4v) is 3.75. The Hall–Kier alpha value is -2.68. The number of amides is 2. The molecule has 1 aliphatic heterocycles. The number of hydrogen-bond acceptors (Lipinski definition) is 7. The predicted molar refractivity (Wildman–Crippen MR) is 94.7 cm³/mol. The second kappa shape index (κ2) is 6.67. The molecule has 0 aromatic carbocycles. The van der Waals surface area contributed by atoms with Crippen molar-refractivity contribution in [2.45, 2.75) is 13.5 Å². The molecule has 3 aromatic rings. The Balaban J connectivity index is 1.36. The maximum atomic E-state index is 12.3. The van der Waals surface area contributed by atoms with Gasteiger partial charge in [0.15, 0.2) is 6.39 Å². The molecule has 1 fully saturated rings. The largest absolute Gasteiger partial charge is 0.448 e. The van der Waals surface area contributed by atoms with Gasteiger partial charge in [-0.15, -0.1) is 11.3 Å². The number of aryl methyl sites for hydroxylation is 1. The van der Waals surface area contributed by atoms with Crippen molar-refractivity contribution in [2.75, 3.05) is 31.1 Å². The molecule has 1 N–H and O–H groups in total. The highest BCUT2D eigenvalue weighted by molar-refractivity contribution is 7.17. The molecule has 25 heavy (non-hydrogen) atoms. The Morgan fingerprint density at radius 2 is 2.12 bits per heavy atom. The van der Waals surface area contributed by atoms with Crippen LogP contribution in [0.15, 0.2) is 28.6 Å². The Bertz CT molecular complexity index is 884. The van der Waals surface area contributed by atoms with Crippen molar-refractivity contribution in [1.82, 2.24) is 25.2 Å². The molecule has 9 heteroatoms. The number of oxazole rings is 1. The molecule has 2 amide bonds. The molecule has 4 rings (SSSR count). The second-order valence-electron chi connectivity index (χ2n) is 5.82. The molecule has 130 valence electrons. The van der Waals surface area contributed by atoms with Gasteiger partial charge in [-0.1, -0.05) is 0 Å². The van der Waals surface area contributed by atoms with Gasteiger partial charge >= 0.3 is 6.03 Å². The summed E-state index contributed by atoms with van der Waals surface area (Å²) in [6, 6.07) is 1.92. The summed E-state index contributed by atoms with van der Waals surface area (Å²) in [5.41, 5.74) is 1.73. The van der Waals surface area contributed by atoms with E-state index >= 15 is 0 Å². The summed E-state index contributed by atoms with van der Waals surface area (Å²) >= 11 is 1.65. The summed E-state index contributed by atoms with van der Waals surface area (Å²) in [5.74, 6) is 1.69. The van der Waals surface area contributed by atoms with Gasteiger partial charge in [-0.25, -0.2) is 19.7 Å². The molecule has 0 spiro atoms. The molecule has 8 nitrogen and oxygen atoms in total. The van der Waals surface area contributed by atoms with E-state index in [9.17, 15) is 4.79 Å². The van der Waals surface area contributed by atoms with Crippen molar-refractivity contribution in [1.29, 1.82) is 0 Å². The minimum Gasteiger partial charge on any atom is -0.448 e. The average molecular weight is 358 g/mol. The van der Waals surface area contributed by atoms with Crippen LogP contribution in [0, 0.1) is 6.92 Å². The normalized spacial score (nSPS) is 14.9. The summed E-state index contributed by atoms with van der Waals surface area (Å²) in [6.45, 7) is 5.02. The van der Waals surface area contributed by atoms with Gasteiger partial charge in [-0.05, 0) is 18.4 Å². The van der Waals surface area contributed by atoms with Gasteiger partial charge in [0.25, 0.3) is 0 Å². The van der Waals surface area contributed by atoms with Crippen LogP contribution < -0.4 is 10.2 Å². The monoisotopic (exact) mass is 358 g/mol. The van der Waals surface area contributed by atoms with Crippen LogP contribution in [0.1, 0.15) is 11.5 Å². The summed E-state index contributed by atoms with van der Waals surface area (Å²) < 4.78 is 6.24. The van der Waals surface area contributed by atoms with E-state index < -0.39 is 0 Å². The number of hydrogen-bond donors (Lipinski definition) is 1. The third-order valence-corrected chi connectivity index (χ3v) is 5.24. The average Bonchev–Trinajstić information content (AvgIpc) is 3.28. The van der Waals surface area contributed by atoms with E-state index in [4.69, 9.17) is 4.42 Å². The number of carbonyl (C=O) groups is 1. The van der Waals surface area contributed by atoms with Gasteiger partial charge in [0.05, 0.1) is 16.8 Å². The van der Waals surface area contributed by atoms with E-state index in [0.717, 1.165) is 40.6 Å². The Labute approximate surface area is 148 Å². The Kier molecular flexibility index (Phi) is 4.22. The van der Waals surface area contributed by atoms with Gasteiger partial charge in [0.2, 0.25) is 0 Å². The zero-order chi connectivity index (χ0) is 17.2. The van der Waals surface area contributed by atoms with E-state index in [-0.39, 0.29) is 6.03 Å². The number of fused-ring (bicyclic) bond motifs is 1. The third-order valence-electron chi connectivity index (χ3n) is 4.34. The van der Waals surface area contributed by atoms with Crippen LogP contribution in [0.5, 0.6) is 0 Å². The molecule has 0 radical (unpaired) electrons. The van der Waals surface area contributed by atoms with Crippen molar-refractivity contribution in [2.24, 2.45) is 0 Å². The van der Waals surface area contributed by atoms with Crippen molar-refractivity contribution in [3.8, 4) is 0 Å². The molecule has 3 aromatic heterocycles. The first-order chi connectivity index (χ1) is 12.2. The number of nitrogens with zero attached hydrogens (tertiary/aromatic N) is 5. The van der Waals surface area contributed by atoms with E-state index in [1.165, 1.54) is 6.39 Å². The first-order valence-electron chi connectivity index (χ1n) is 8.07. The lowest BCUT2D eigenvalue weighted by Crippen LogP contribution is -2.52. The molecule has 1 saturated heterocycles. The summed E-state index contributed by atoms with van der Waals surface area (Å²) in [5, 5.41) is 4.92. The molecule has 0 saturated carbocycles. The summed E-state index contributed by atoms with van der Waals surface area (Å²) in [4.78, 5) is 29.2. The molecule has 0 bridgehead atoms. The molecule has 0 atom stereocenters. The van der Waals surface area contributed by atoms with E-state index in [2.05, 4.69) is 25.2 Å². The number of carbonyl (C=O) groups excluding carboxylic acids is 1. The smallest absolute Gasteiger partial charge is 0.317 e. The van der Waals surface area contributed by atoms with Crippen molar-refractivity contribution >= 4 is 33.4 Å². The molecule has 0 unspecified atom stereocenters. The van der Waals surface area contributed by atoms with Crippen molar-refractivity contribution < 1.29 is 9.21 Å². The Morgan fingerprint density at radius 1 is 1.28 bits per heavy atom. The number of nitrogens with one attached hydrogen (secondary N) is 1. The molecular weight excluding hydrogens is 340 g/mol. The van der Waals surface area contributed by atoms with Crippen molar-refractivity contribution in [3.05, 3.63) is 35.6 Å². The van der Waals surface area contributed by atoms with Crippen LogP contribution >= 0.6 is 11.3 Å². The SMILES string of the molecule is Cc1ocnc1CNC(=O)N1CCN(c2ncnc3ccsc23)CC1. The lowest BCUT2D eigenvalue weighted by Gasteiger charge is -2.35. The third kappa shape index (κ3) is 3.14. The Morgan fingerprint density at radius 3 is 2.88 bits per heavy atom. The van der Waals surface area contributed by atoms with Crippen molar-refractivity contribution in [3.63, 3.8) is 0 Å². The molecule has 0 aliphatic carbocycles. The number of aromatic nitrogens is 3. The minimum absolute atomic E-state index is 0.0778. The molecule has 1 aliphatic rings. The lowest BCUT2D eigenvalue weighted by atomic mass is 10.3. The zero-order valence-corrected chi connectivity index (χ0v) is 14.6. The summed E-state index contributed by atoms with van der Waals surface area (Å²) in [7, 11) is 0. The fraction of sp³-hybridized carbons (Fsp3) is 0.375. The predicted octanol–water partition coefficient (Wildman–Crippen LogP) is 2.02. The number of thiophene rings is 1. The van der Waals surface area contributed by atoms with Crippen LogP contribution in [-0.4, -0.2) is 52.1 Å². The number of anilines is 1. The van der Waals surface area contributed by atoms with Gasteiger partial charge in [-0.2, -0.15) is 0 Å². The van der Waals surface area contributed by atoms with Gasteiger partial charge in [0, 0.05) is 26.2 Å². The first kappa shape index (κ1) is 15.8. The number of piperazine rings is 1. The van der Waals surface area contributed by atoms with Crippen LogP contribution in [0.4, 0.5) is 10.6 Å². The van der Waals surface area contributed by atoms with Crippen LogP contribution in [0.2, 0.25) is 0 Å². The van der Waals surface area contributed by atoms with Crippen LogP contribution in [-0.2, 0) is 6.54 Å². The van der Waals surface area contributed by atoms with Crippen LogP contribution in [0.25, 0.3) is 10.2 Å². The van der Waals surface area contributed by atoms with Crippen LogP contribution in [0.3, 0.4) is 0 Å². The van der Waals surface area contributed by atoms with E-state index in [1.54, 1.807) is 17.7 Å². The standard InChI is InChI=1S/C16H18N6O2S/c1-11-13(20-10-24-11)8-17-16(23)22-5-3-21(4-6-22)15-14-12(2-7-25-14)18-9-19-15/h2,7,9-10H,3-6,8H2,1H3,(H,17,23). The summed E-state index contributed by atoms with van der Waals surface area (Å²) in [6.07, 6.45) is 2.99. The number of urea groups is 1. The van der Waals surface area contributed by atoms with Gasteiger partial charge in [0.1, 0.15) is 23.6 Å². The van der Waals surface area contributed by atoms with E-state index in [0.29, 0.717) is 19.6 Å². The fourth-order valence-electron chi connectivity index (χ4n) is 2.89. The highest BCUT2D eigenvalue weighted by atomic mass is 32.1. The quantitative estimate of drug-likeness (QED) is 0.771. The van der Waals surface area contributed by atoms with Gasteiger partial charge < -0.3 is 19.5 Å². The zero-order valence-electron chi connectivity index (χ0n) is 13.8. The lowest BCUT2D eigenvalue weighted by molar-refractivity contribution is 0.193. The molecule has 4 heterocycles. The van der Waals surface area contributed by atoms with Gasteiger partial charge in [-0.3, -0.25) is 0 Å². The maximum absolute atomic E-state index is 12.3. The minimum atomic E-state index is -0.0778. The second-order valence-corrected chi connectivity index (χ2v) is 6.74. The highest BCUT2D eigenvalue weighted by Crippen LogP contribution is 2.28. The topological polar surface area (TPSA) is 87.4 Å². The highest BCUT2D eigenvalue weighted by Gasteiger charge is 2.23. The first-order valence-corrected chi connectivity index (χ1v) is 8.95. The van der Waals surface area contributed by atoms with E-state index in [1.807, 2.05) is 23.3 Å².